The van der Waals surface area contributed by atoms with E-state index in [1.165, 1.54) is 0 Å². The van der Waals surface area contributed by atoms with E-state index in [4.69, 9.17) is 24.5 Å². The van der Waals surface area contributed by atoms with Crippen LogP contribution in [0, 0.1) is 0 Å². The first-order valence-corrected chi connectivity index (χ1v) is 6.13. The van der Waals surface area contributed by atoms with Gasteiger partial charge >= 0.3 is 0 Å². The molecule has 0 aliphatic rings. The van der Waals surface area contributed by atoms with E-state index in [1.807, 2.05) is 19.1 Å². The van der Waals surface area contributed by atoms with Crippen LogP contribution in [-0.2, 0) is 0 Å². The third-order valence-corrected chi connectivity index (χ3v) is 2.94. The standard InChI is InChI=1S/C14H18N2O4/c1-8(15)11-7-10(16-20-11)9-5-12(17-2)14(19-4)13(6-9)18-3/h5-8H,15H2,1-4H3. The van der Waals surface area contributed by atoms with Gasteiger partial charge in [0, 0.05) is 11.6 Å². The van der Waals surface area contributed by atoms with Gasteiger partial charge in [-0.1, -0.05) is 5.16 Å². The molecule has 0 fully saturated rings. The molecule has 108 valence electrons. The number of ether oxygens (including phenoxy) is 3. The molecule has 1 atom stereocenters. The molecule has 1 heterocycles. The van der Waals surface area contributed by atoms with Gasteiger partial charge in [-0.3, -0.25) is 0 Å². The molecule has 1 aromatic heterocycles. The molecule has 0 radical (unpaired) electrons. The molecule has 0 saturated carbocycles. The highest BCUT2D eigenvalue weighted by molar-refractivity contribution is 5.68. The van der Waals surface area contributed by atoms with Crippen LogP contribution in [-0.4, -0.2) is 26.5 Å². The summed E-state index contributed by atoms with van der Waals surface area (Å²) >= 11 is 0. The van der Waals surface area contributed by atoms with Crippen molar-refractivity contribution in [3.05, 3.63) is 24.0 Å². The van der Waals surface area contributed by atoms with Gasteiger partial charge < -0.3 is 24.5 Å². The highest BCUT2D eigenvalue weighted by Gasteiger charge is 2.17. The first-order chi connectivity index (χ1) is 9.60. The van der Waals surface area contributed by atoms with E-state index < -0.39 is 0 Å². The van der Waals surface area contributed by atoms with Crippen molar-refractivity contribution in [1.82, 2.24) is 5.16 Å². The highest BCUT2D eigenvalue weighted by atomic mass is 16.5. The highest BCUT2D eigenvalue weighted by Crippen LogP contribution is 2.41. The summed E-state index contributed by atoms with van der Waals surface area (Å²) in [7, 11) is 4.69. The number of rotatable bonds is 5. The molecule has 6 nitrogen and oxygen atoms in total. The number of hydrogen-bond donors (Lipinski definition) is 1. The normalized spacial score (nSPS) is 12.1. The molecule has 6 heteroatoms. The number of benzene rings is 1. The van der Waals surface area contributed by atoms with Gasteiger partial charge in [-0.2, -0.15) is 0 Å². The molecule has 0 spiro atoms. The Bertz CT molecular complexity index is 568. The molecule has 0 aliphatic heterocycles. The second-order valence-corrected chi connectivity index (χ2v) is 4.32. The van der Waals surface area contributed by atoms with Crippen LogP contribution in [0.4, 0.5) is 0 Å². The zero-order valence-electron chi connectivity index (χ0n) is 12.0. The molecule has 2 aromatic rings. The Hall–Kier alpha value is -2.21. The smallest absolute Gasteiger partial charge is 0.203 e. The molecule has 0 bridgehead atoms. The largest absolute Gasteiger partial charge is 0.493 e. The monoisotopic (exact) mass is 278 g/mol. The molecule has 1 unspecified atom stereocenters. The Balaban J connectivity index is 2.50. The van der Waals surface area contributed by atoms with Crippen molar-refractivity contribution in [2.45, 2.75) is 13.0 Å². The van der Waals surface area contributed by atoms with E-state index in [1.54, 1.807) is 27.4 Å². The fourth-order valence-electron chi connectivity index (χ4n) is 1.87. The third-order valence-electron chi connectivity index (χ3n) is 2.94. The van der Waals surface area contributed by atoms with E-state index >= 15 is 0 Å². The van der Waals surface area contributed by atoms with Crippen LogP contribution in [0.2, 0.25) is 0 Å². The van der Waals surface area contributed by atoms with Crippen molar-refractivity contribution in [3.8, 4) is 28.5 Å². The van der Waals surface area contributed by atoms with Gasteiger partial charge in [0.2, 0.25) is 5.75 Å². The number of hydrogen-bond acceptors (Lipinski definition) is 6. The van der Waals surface area contributed by atoms with E-state index in [0.29, 0.717) is 28.7 Å². The molecular formula is C14H18N2O4. The van der Waals surface area contributed by atoms with Crippen LogP contribution in [0.1, 0.15) is 18.7 Å². The number of aromatic nitrogens is 1. The van der Waals surface area contributed by atoms with Crippen LogP contribution in [0.3, 0.4) is 0 Å². The Morgan fingerprint density at radius 2 is 1.65 bits per heavy atom. The van der Waals surface area contributed by atoms with Gasteiger partial charge in [0.05, 0.1) is 27.4 Å². The minimum Gasteiger partial charge on any atom is -0.493 e. The van der Waals surface area contributed by atoms with Crippen molar-refractivity contribution in [3.63, 3.8) is 0 Å². The van der Waals surface area contributed by atoms with Gasteiger partial charge in [0.15, 0.2) is 17.3 Å². The molecule has 0 saturated heterocycles. The molecular weight excluding hydrogens is 260 g/mol. The van der Waals surface area contributed by atoms with E-state index in [2.05, 4.69) is 5.16 Å². The molecule has 2 rings (SSSR count). The number of nitrogens with two attached hydrogens (primary N) is 1. The topological polar surface area (TPSA) is 79.7 Å². The summed E-state index contributed by atoms with van der Waals surface area (Å²) in [5, 5.41) is 4.01. The Morgan fingerprint density at radius 3 is 2.05 bits per heavy atom. The van der Waals surface area contributed by atoms with Crippen LogP contribution in [0.5, 0.6) is 17.2 Å². The van der Waals surface area contributed by atoms with Gasteiger partial charge in [0.25, 0.3) is 0 Å². The van der Waals surface area contributed by atoms with Crippen molar-refractivity contribution in [2.24, 2.45) is 5.73 Å². The first kappa shape index (κ1) is 14.2. The average Bonchev–Trinajstić information content (AvgIpc) is 2.95. The lowest BCUT2D eigenvalue weighted by atomic mass is 10.1. The van der Waals surface area contributed by atoms with E-state index in [-0.39, 0.29) is 6.04 Å². The quantitative estimate of drug-likeness (QED) is 0.904. The summed E-state index contributed by atoms with van der Waals surface area (Å²) in [5.74, 6) is 2.28. The Kier molecular flexibility index (Phi) is 4.14. The second kappa shape index (κ2) is 5.83. The lowest BCUT2D eigenvalue weighted by molar-refractivity contribution is 0.324. The van der Waals surface area contributed by atoms with Crippen molar-refractivity contribution in [1.29, 1.82) is 0 Å². The Labute approximate surface area is 117 Å². The van der Waals surface area contributed by atoms with Gasteiger partial charge in [0.1, 0.15) is 5.69 Å². The summed E-state index contributed by atoms with van der Waals surface area (Å²) < 4.78 is 21.1. The van der Waals surface area contributed by atoms with Crippen molar-refractivity contribution >= 4 is 0 Å². The van der Waals surface area contributed by atoms with Crippen LogP contribution in [0.15, 0.2) is 22.7 Å². The van der Waals surface area contributed by atoms with Gasteiger partial charge in [-0.15, -0.1) is 0 Å². The van der Waals surface area contributed by atoms with Crippen LogP contribution in [0.25, 0.3) is 11.3 Å². The minimum absolute atomic E-state index is 0.210. The van der Waals surface area contributed by atoms with E-state index in [0.717, 1.165) is 5.56 Å². The maximum Gasteiger partial charge on any atom is 0.203 e. The average molecular weight is 278 g/mol. The third kappa shape index (κ3) is 2.55. The van der Waals surface area contributed by atoms with Gasteiger partial charge in [-0.05, 0) is 19.1 Å². The zero-order valence-corrected chi connectivity index (χ0v) is 12.0. The zero-order chi connectivity index (χ0) is 14.7. The summed E-state index contributed by atoms with van der Waals surface area (Å²) in [5.41, 5.74) is 7.22. The minimum atomic E-state index is -0.210. The van der Waals surface area contributed by atoms with Crippen molar-refractivity contribution in [2.75, 3.05) is 21.3 Å². The predicted molar refractivity (Wildman–Crippen MR) is 74.2 cm³/mol. The lowest BCUT2D eigenvalue weighted by Gasteiger charge is -2.13. The maximum absolute atomic E-state index is 5.76. The SMILES string of the molecule is COc1cc(-c2cc(C(C)N)on2)cc(OC)c1OC. The summed E-state index contributed by atoms with van der Waals surface area (Å²) in [4.78, 5) is 0. The number of methoxy groups -OCH3 is 3. The second-order valence-electron chi connectivity index (χ2n) is 4.32. The first-order valence-electron chi connectivity index (χ1n) is 6.13. The fourth-order valence-corrected chi connectivity index (χ4v) is 1.87. The van der Waals surface area contributed by atoms with Crippen LogP contribution >= 0.6 is 0 Å². The van der Waals surface area contributed by atoms with Gasteiger partial charge in [-0.25, -0.2) is 0 Å². The molecule has 0 amide bonds. The summed E-state index contributed by atoms with van der Waals surface area (Å²) in [6.07, 6.45) is 0. The molecule has 0 aliphatic carbocycles. The van der Waals surface area contributed by atoms with Crippen LogP contribution < -0.4 is 19.9 Å². The van der Waals surface area contributed by atoms with E-state index in [9.17, 15) is 0 Å². The number of nitrogens with zero attached hydrogens (tertiary/aromatic N) is 1. The predicted octanol–water partition coefficient (Wildman–Crippen LogP) is 2.39. The molecule has 1 aromatic carbocycles. The fraction of sp³-hybridized carbons (Fsp3) is 0.357. The Morgan fingerprint density at radius 1 is 1.05 bits per heavy atom. The molecule has 2 N–H and O–H groups in total. The lowest BCUT2D eigenvalue weighted by Crippen LogP contribution is -2.02. The van der Waals surface area contributed by atoms with Crippen molar-refractivity contribution < 1.29 is 18.7 Å². The summed E-state index contributed by atoms with van der Waals surface area (Å²) in [6.45, 7) is 1.83. The molecule has 20 heavy (non-hydrogen) atoms. The summed E-state index contributed by atoms with van der Waals surface area (Å²) in [6, 6.07) is 5.21. The maximum atomic E-state index is 5.76.